The highest BCUT2D eigenvalue weighted by molar-refractivity contribution is 6.36. The van der Waals surface area contributed by atoms with Gasteiger partial charge in [-0.15, -0.1) is 5.10 Å². The third-order valence-electron chi connectivity index (χ3n) is 4.93. The summed E-state index contributed by atoms with van der Waals surface area (Å²) in [7, 11) is 1.20. The van der Waals surface area contributed by atoms with Crippen LogP contribution in [0.3, 0.4) is 0 Å². The molecule has 0 radical (unpaired) electrons. The second-order valence-corrected chi connectivity index (χ2v) is 8.31. The number of fused-ring (bicyclic) bond motifs is 1. The van der Waals surface area contributed by atoms with Crippen molar-refractivity contribution in [2.75, 3.05) is 17.7 Å². The molecule has 0 fully saturated rings. The maximum atomic E-state index is 12.9. The molecule has 10 nitrogen and oxygen atoms in total. The van der Waals surface area contributed by atoms with Gasteiger partial charge < -0.3 is 15.4 Å². The zero-order valence-electron chi connectivity index (χ0n) is 18.7. The maximum absolute atomic E-state index is 12.9. The zero-order chi connectivity index (χ0) is 25.3. The number of aromatic nitrogens is 4. The van der Waals surface area contributed by atoms with Crippen LogP contribution in [0.15, 0.2) is 42.5 Å². The van der Waals surface area contributed by atoms with Crippen molar-refractivity contribution in [2.45, 2.75) is 13.8 Å². The first-order valence-electron chi connectivity index (χ1n) is 10.2. The fourth-order valence-corrected chi connectivity index (χ4v) is 3.64. The van der Waals surface area contributed by atoms with E-state index in [0.29, 0.717) is 15.7 Å². The van der Waals surface area contributed by atoms with Gasteiger partial charge in [0.2, 0.25) is 5.82 Å². The molecule has 0 bridgehead atoms. The van der Waals surface area contributed by atoms with Crippen LogP contribution in [-0.2, 0) is 4.74 Å². The molecule has 2 heterocycles. The molecule has 0 aliphatic rings. The van der Waals surface area contributed by atoms with Crippen LogP contribution in [0.25, 0.3) is 5.78 Å². The number of nitrogens with one attached hydrogen (secondary N) is 2. The van der Waals surface area contributed by atoms with Crippen molar-refractivity contribution in [1.29, 1.82) is 0 Å². The molecule has 35 heavy (non-hydrogen) atoms. The Hall–Kier alpha value is -4.02. The van der Waals surface area contributed by atoms with E-state index in [0.717, 1.165) is 11.4 Å². The average Bonchev–Trinajstić information content (AvgIpc) is 3.25. The highest BCUT2D eigenvalue weighted by atomic mass is 35.5. The molecule has 0 aliphatic carbocycles. The summed E-state index contributed by atoms with van der Waals surface area (Å²) in [5, 5.41) is 10.1. The Morgan fingerprint density at radius 3 is 2.40 bits per heavy atom. The molecule has 0 unspecified atom stereocenters. The molecule has 4 aromatic rings. The number of amides is 2. The lowest BCUT2D eigenvalue weighted by Crippen LogP contribution is -2.19. The van der Waals surface area contributed by atoms with Crippen LogP contribution in [0.5, 0.6) is 0 Å². The molecule has 4 rings (SSSR count). The van der Waals surface area contributed by atoms with Gasteiger partial charge in [-0.05, 0) is 56.3 Å². The lowest BCUT2D eigenvalue weighted by molar-refractivity contribution is 0.0601. The molecule has 178 valence electrons. The molecule has 0 saturated heterocycles. The molecule has 0 atom stereocenters. The first-order chi connectivity index (χ1) is 16.7. The second-order valence-electron chi connectivity index (χ2n) is 7.47. The Morgan fingerprint density at radius 2 is 1.66 bits per heavy atom. The molecule has 2 N–H and O–H groups in total. The van der Waals surface area contributed by atoms with Crippen molar-refractivity contribution in [3.8, 4) is 0 Å². The van der Waals surface area contributed by atoms with Gasteiger partial charge in [0.05, 0.1) is 29.1 Å². The lowest BCUT2D eigenvalue weighted by atomic mass is 10.1. The number of esters is 1. The first-order valence-corrected chi connectivity index (χ1v) is 10.9. The van der Waals surface area contributed by atoms with Gasteiger partial charge in [0, 0.05) is 22.0 Å². The van der Waals surface area contributed by atoms with Gasteiger partial charge in [0.15, 0.2) is 0 Å². The summed E-state index contributed by atoms with van der Waals surface area (Å²) in [4.78, 5) is 46.5. The van der Waals surface area contributed by atoms with Crippen LogP contribution < -0.4 is 10.6 Å². The van der Waals surface area contributed by atoms with Crippen LogP contribution in [0.1, 0.15) is 42.7 Å². The number of methoxy groups -OCH3 is 1. The normalized spacial score (nSPS) is 10.8. The predicted octanol–water partition coefficient (Wildman–Crippen LogP) is 4.34. The van der Waals surface area contributed by atoms with Crippen molar-refractivity contribution >= 4 is 58.1 Å². The van der Waals surface area contributed by atoms with E-state index in [-0.39, 0.29) is 28.4 Å². The number of rotatable bonds is 5. The number of nitrogens with zero attached hydrogens (tertiary/aromatic N) is 4. The summed E-state index contributed by atoms with van der Waals surface area (Å²) in [6.45, 7) is 3.61. The van der Waals surface area contributed by atoms with E-state index in [1.54, 1.807) is 25.1 Å². The van der Waals surface area contributed by atoms with Crippen molar-refractivity contribution in [3.63, 3.8) is 0 Å². The van der Waals surface area contributed by atoms with Gasteiger partial charge in [0.1, 0.15) is 0 Å². The van der Waals surface area contributed by atoms with Gasteiger partial charge in [-0.1, -0.05) is 23.2 Å². The van der Waals surface area contributed by atoms with Crippen LogP contribution in [0, 0.1) is 13.8 Å². The highest BCUT2D eigenvalue weighted by Crippen LogP contribution is 2.27. The van der Waals surface area contributed by atoms with E-state index in [1.807, 2.05) is 6.92 Å². The molecular weight excluding hydrogens is 495 g/mol. The fourth-order valence-electron chi connectivity index (χ4n) is 3.31. The van der Waals surface area contributed by atoms with Crippen molar-refractivity contribution < 1.29 is 19.1 Å². The Morgan fingerprint density at radius 1 is 0.914 bits per heavy atom. The first kappa shape index (κ1) is 24.1. The largest absolute Gasteiger partial charge is 0.465 e. The predicted molar refractivity (Wildman–Crippen MR) is 130 cm³/mol. The van der Waals surface area contributed by atoms with Gasteiger partial charge in [-0.3, -0.25) is 9.59 Å². The second kappa shape index (κ2) is 9.69. The summed E-state index contributed by atoms with van der Waals surface area (Å²) >= 11 is 12.1. The van der Waals surface area contributed by atoms with Gasteiger partial charge in [0.25, 0.3) is 17.6 Å². The minimum atomic E-state index is -0.707. The van der Waals surface area contributed by atoms with Crippen molar-refractivity contribution in [1.82, 2.24) is 19.6 Å². The van der Waals surface area contributed by atoms with Crippen molar-refractivity contribution in [3.05, 3.63) is 80.8 Å². The van der Waals surface area contributed by atoms with E-state index in [9.17, 15) is 14.4 Å². The smallest absolute Gasteiger partial charge is 0.339 e. The van der Waals surface area contributed by atoms with Crippen LogP contribution >= 0.6 is 23.2 Å². The minimum Gasteiger partial charge on any atom is -0.465 e. The fraction of sp³-hybridized carbons (Fsp3) is 0.130. The topological polar surface area (TPSA) is 128 Å². The minimum absolute atomic E-state index is 0.0337. The Kier molecular flexibility index (Phi) is 6.68. The molecular formula is C23H18Cl2N6O4. The average molecular weight is 513 g/mol. The Balaban J connectivity index is 1.66. The molecule has 2 aromatic carbocycles. The zero-order valence-corrected chi connectivity index (χ0v) is 20.2. The van der Waals surface area contributed by atoms with E-state index in [2.05, 4.69) is 25.7 Å². The highest BCUT2D eigenvalue weighted by Gasteiger charge is 2.21. The quantitative estimate of drug-likeness (QED) is 0.380. The molecule has 0 aliphatic heterocycles. The molecule has 0 saturated carbocycles. The van der Waals surface area contributed by atoms with Crippen LogP contribution in [0.2, 0.25) is 10.0 Å². The monoisotopic (exact) mass is 512 g/mol. The summed E-state index contributed by atoms with van der Waals surface area (Å²) in [6, 6.07) is 10.5. The van der Waals surface area contributed by atoms with E-state index >= 15 is 0 Å². The van der Waals surface area contributed by atoms with Gasteiger partial charge >= 0.3 is 5.97 Å². The SMILES string of the molecule is COC(=O)c1ccc(C(=O)Nc2cc(Cl)ccc2Cl)cc1NC(=O)c1nc2nc(C)cc(C)n2n1. The number of anilines is 2. The molecule has 2 aromatic heterocycles. The molecule has 0 spiro atoms. The van der Waals surface area contributed by atoms with E-state index in [4.69, 9.17) is 27.9 Å². The Labute approximate surface area is 209 Å². The number of hydrogen-bond acceptors (Lipinski definition) is 7. The third kappa shape index (κ3) is 5.08. The number of carbonyl (C=O) groups excluding carboxylic acids is 3. The molecule has 2 amide bonds. The summed E-state index contributed by atoms with van der Waals surface area (Å²) in [5.41, 5.74) is 1.98. The summed E-state index contributed by atoms with van der Waals surface area (Å²) < 4.78 is 6.23. The maximum Gasteiger partial charge on any atom is 0.339 e. The van der Waals surface area contributed by atoms with E-state index < -0.39 is 17.8 Å². The standard InChI is InChI=1S/C23H18Cl2N6O4/c1-11-8-12(2)31-23(26-11)29-19(30-31)21(33)27-17-9-13(4-6-15(17)22(34)35-3)20(32)28-18-10-14(24)5-7-16(18)25/h4-10H,1-3H3,(H,27,33)(H,28,32). The number of halogens is 2. The number of carbonyl (C=O) groups is 3. The Bertz CT molecular complexity index is 1500. The number of ether oxygens (including phenoxy) is 1. The number of hydrogen-bond donors (Lipinski definition) is 2. The lowest BCUT2D eigenvalue weighted by Gasteiger charge is -2.12. The number of aryl methyl sites for hydroxylation is 2. The number of benzene rings is 2. The van der Waals surface area contributed by atoms with Crippen molar-refractivity contribution in [2.24, 2.45) is 0 Å². The van der Waals surface area contributed by atoms with Gasteiger partial charge in [-0.2, -0.15) is 4.98 Å². The van der Waals surface area contributed by atoms with E-state index in [1.165, 1.54) is 35.9 Å². The van der Waals surface area contributed by atoms with Crippen LogP contribution in [0.4, 0.5) is 11.4 Å². The third-order valence-corrected chi connectivity index (χ3v) is 5.50. The molecule has 12 heteroatoms. The summed E-state index contributed by atoms with van der Waals surface area (Å²) in [5.74, 6) is -1.86. The van der Waals surface area contributed by atoms with Crippen LogP contribution in [-0.4, -0.2) is 44.5 Å². The summed E-state index contributed by atoms with van der Waals surface area (Å²) in [6.07, 6.45) is 0. The van der Waals surface area contributed by atoms with Gasteiger partial charge in [-0.25, -0.2) is 14.3 Å².